The highest BCUT2D eigenvalue weighted by molar-refractivity contribution is 5.27. The summed E-state index contributed by atoms with van der Waals surface area (Å²) < 4.78 is 5.79. The van der Waals surface area contributed by atoms with Crippen molar-refractivity contribution in [3.05, 3.63) is 36.0 Å². The number of nitrogens with zero attached hydrogens (tertiary/aromatic N) is 4. The molecule has 6 heteroatoms. The standard InChI is InChI=1S/C15H23N5O/c1-4-8-17-12(3)14-18-19-15(21-14)20(5-2)11-13-6-9-16-10-7-13/h6-7,9-10,12,17H,4-5,8,11H2,1-3H3. The van der Waals surface area contributed by atoms with Crippen LogP contribution in [-0.2, 0) is 6.54 Å². The Morgan fingerprint density at radius 3 is 2.67 bits per heavy atom. The number of hydrogen-bond donors (Lipinski definition) is 1. The predicted molar refractivity (Wildman–Crippen MR) is 82.0 cm³/mol. The van der Waals surface area contributed by atoms with Crippen molar-refractivity contribution in [2.75, 3.05) is 18.0 Å². The molecule has 0 radical (unpaired) electrons. The Bertz CT molecular complexity index is 528. The Labute approximate surface area is 125 Å². The van der Waals surface area contributed by atoms with Gasteiger partial charge in [-0.1, -0.05) is 12.0 Å². The summed E-state index contributed by atoms with van der Waals surface area (Å²) in [6.07, 6.45) is 4.66. The molecule has 0 saturated carbocycles. The molecule has 6 nitrogen and oxygen atoms in total. The number of anilines is 1. The van der Waals surface area contributed by atoms with Crippen molar-refractivity contribution in [1.29, 1.82) is 0 Å². The molecule has 21 heavy (non-hydrogen) atoms. The molecule has 0 amide bonds. The Kier molecular flexibility index (Phi) is 5.68. The lowest BCUT2D eigenvalue weighted by Crippen LogP contribution is -2.22. The van der Waals surface area contributed by atoms with E-state index < -0.39 is 0 Å². The molecule has 0 fully saturated rings. The van der Waals surface area contributed by atoms with Gasteiger partial charge in [-0.15, -0.1) is 5.10 Å². The fourth-order valence-corrected chi connectivity index (χ4v) is 2.00. The molecule has 114 valence electrons. The highest BCUT2D eigenvalue weighted by atomic mass is 16.4. The van der Waals surface area contributed by atoms with Gasteiger partial charge in [0.15, 0.2) is 0 Å². The fourth-order valence-electron chi connectivity index (χ4n) is 2.00. The lowest BCUT2D eigenvalue weighted by molar-refractivity contribution is 0.414. The Morgan fingerprint density at radius 1 is 1.24 bits per heavy atom. The summed E-state index contributed by atoms with van der Waals surface area (Å²) in [5, 5.41) is 11.7. The van der Waals surface area contributed by atoms with Crippen LogP contribution in [0.15, 0.2) is 28.9 Å². The van der Waals surface area contributed by atoms with Crippen molar-refractivity contribution in [3.63, 3.8) is 0 Å². The van der Waals surface area contributed by atoms with Crippen molar-refractivity contribution >= 4 is 6.01 Å². The van der Waals surface area contributed by atoms with Crippen LogP contribution in [0.3, 0.4) is 0 Å². The molecule has 0 aliphatic carbocycles. The summed E-state index contributed by atoms with van der Waals surface area (Å²) in [5.41, 5.74) is 1.17. The first-order valence-electron chi connectivity index (χ1n) is 7.45. The van der Waals surface area contributed by atoms with Crippen molar-refractivity contribution in [2.24, 2.45) is 0 Å². The molecule has 2 aromatic rings. The minimum atomic E-state index is 0.0748. The monoisotopic (exact) mass is 289 g/mol. The zero-order valence-corrected chi connectivity index (χ0v) is 12.9. The van der Waals surface area contributed by atoms with Crippen LogP contribution in [-0.4, -0.2) is 28.3 Å². The van der Waals surface area contributed by atoms with Gasteiger partial charge in [-0.25, -0.2) is 0 Å². The second kappa shape index (κ2) is 7.73. The molecule has 2 heterocycles. The average molecular weight is 289 g/mol. The Hall–Kier alpha value is -1.95. The molecule has 2 rings (SSSR count). The third-order valence-electron chi connectivity index (χ3n) is 3.28. The van der Waals surface area contributed by atoms with E-state index in [1.54, 1.807) is 12.4 Å². The molecule has 1 atom stereocenters. The number of hydrogen-bond acceptors (Lipinski definition) is 6. The smallest absolute Gasteiger partial charge is 0.318 e. The quantitative estimate of drug-likeness (QED) is 0.805. The summed E-state index contributed by atoms with van der Waals surface area (Å²) in [6.45, 7) is 8.72. The second-order valence-electron chi connectivity index (χ2n) is 4.97. The minimum absolute atomic E-state index is 0.0748. The van der Waals surface area contributed by atoms with Crippen molar-refractivity contribution in [1.82, 2.24) is 20.5 Å². The largest absolute Gasteiger partial charge is 0.406 e. The van der Waals surface area contributed by atoms with Crippen molar-refractivity contribution in [3.8, 4) is 0 Å². The van der Waals surface area contributed by atoms with Gasteiger partial charge in [0.2, 0.25) is 5.89 Å². The molecular weight excluding hydrogens is 266 g/mol. The summed E-state index contributed by atoms with van der Waals surface area (Å²) in [7, 11) is 0. The number of rotatable bonds is 8. The van der Waals surface area contributed by atoms with Gasteiger partial charge in [0, 0.05) is 25.5 Å². The lowest BCUT2D eigenvalue weighted by atomic mass is 10.2. The van der Waals surface area contributed by atoms with Crippen molar-refractivity contribution < 1.29 is 4.42 Å². The average Bonchev–Trinajstić information content (AvgIpc) is 3.01. The third kappa shape index (κ3) is 4.26. The molecule has 2 aromatic heterocycles. The maximum atomic E-state index is 5.79. The third-order valence-corrected chi connectivity index (χ3v) is 3.28. The maximum Gasteiger partial charge on any atom is 0.318 e. The number of aromatic nitrogens is 3. The van der Waals surface area contributed by atoms with Gasteiger partial charge < -0.3 is 14.6 Å². The Balaban J connectivity index is 2.04. The normalized spacial score (nSPS) is 12.3. The van der Waals surface area contributed by atoms with E-state index in [2.05, 4.69) is 39.2 Å². The van der Waals surface area contributed by atoms with Gasteiger partial charge in [0.05, 0.1) is 6.04 Å². The summed E-state index contributed by atoms with van der Waals surface area (Å²) in [6, 6.07) is 4.62. The first kappa shape index (κ1) is 15.4. The van der Waals surface area contributed by atoms with Crippen LogP contribution in [0.2, 0.25) is 0 Å². The SMILES string of the molecule is CCCNC(C)c1nnc(N(CC)Cc2ccncc2)o1. The van der Waals surface area contributed by atoms with Crippen LogP contribution in [0.4, 0.5) is 6.01 Å². The van der Waals surface area contributed by atoms with Gasteiger partial charge in [-0.05, 0) is 44.5 Å². The molecule has 0 aliphatic rings. The predicted octanol–water partition coefficient (Wildman–Crippen LogP) is 2.55. The topological polar surface area (TPSA) is 67.1 Å². The fraction of sp³-hybridized carbons (Fsp3) is 0.533. The molecule has 0 aliphatic heterocycles. The summed E-state index contributed by atoms with van der Waals surface area (Å²) >= 11 is 0. The van der Waals surface area contributed by atoms with Gasteiger partial charge in [0.25, 0.3) is 0 Å². The highest BCUT2D eigenvalue weighted by Gasteiger charge is 2.17. The Morgan fingerprint density at radius 2 is 2.00 bits per heavy atom. The molecule has 0 saturated heterocycles. The van der Waals surface area contributed by atoms with E-state index >= 15 is 0 Å². The van der Waals surface area contributed by atoms with E-state index in [1.807, 2.05) is 19.1 Å². The molecule has 0 aromatic carbocycles. The van der Waals surface area contributed by atoms with E-state index in [0.29, 0.717) is 11.9 Å². The zero-order valence-electron chi connectivity index (χ0n) is 12.9. The second-order valence-corrected chi connectivity index (χ2v) is 4.97. The van der Waals surface area contributed by atoms with Crippen LogP contribution in [0.5, 0.6) is 0 Å². The summed E-state index contributed by atoms with van der Waals surface area (Å²) in [5.74, 6) is 0.631. The lowest BCUT2D eigenvalue weighted by Gasteiger charge is -2.17. The van der Waals surface area contributed by atoms with E-state index in [4.69, 9.17) is 4.42 Å². The van der Waals surface area contributed by atoms with Crippen molar-refractivity contribution in [2.45, 2.75) is 39.8 Å². The van der Waals surface area contributed by atoms with Gasteiger partial charge in [-0.2, -0.15) is 0 Å². The minimum Gasteiger partial charge on any atom is -0.406 e. The van der Waals surface area contributed by atoms with Gasteiger partial charge in [-0.3, -0.25) is 4.98 Å². The van der Waals surface area contributed by atoms with E-state index in [-0.39, 0.29) is 6.04 Å². The van der Waals surface area contributed by atoms with Crippen LogP contribution < -0.4 is 10.2 Å². The highest BCUT2D eigenvalue weighted by Crippen LogP contribution is 2.19. The van der Waals surface area contributed by atoms with E-state index in [0.717, 1.165) is 26.1 Å². The molecular formula is C15H23N5O. The first-order valence-corrected chi connectivity index (χ1v) is 7.45. The molecule has 0 spiro atoms. The van der Waals surface area contributed by atoms with Gasteiger partial charge >= 0.3 is 6.01 Å². The molecule has 1 N–H and O–H groups in total. The van der Waals surface area contributed by atoms with Crippen LogP contribution >= 0.6 is 0 Å². The summed E-state index contributed by atoms with van der Waals surface area (Å²) in [4.78, 5) is 6.08. The van der Waals surface area contributed by atoms with Crippen LogP contribution in [0, 0.1) is 0 Å². The molecule has 0 bridgehead atoms. The van der Waals surface area contributed by atoms with Gasteiger partial charge in [0.1, 0.15) is 0 Å². The number of pyridine rings is 1. The van der Waals surface area contributed by atoms with Crippen LogP contribution in [0.25, 0.3) is 0 Å². The number of nitrogens with one attached hydrogen (secondary N) is 1. The van der Waals surface area contributed by atoms with E-state index in [9.17, 15) is 0 Å². The van der Waals surface area contributed by atoms with E-state index in [1.165, 1.54) is 5.56 Å². The first-order chi connectivity index (χ1) is 10.2. The van der Waals surface area contributed by atoms with Crippen LogP contribution in [0.1, 0.15) is 44.7 Å². The zero-order chi connectivity index (χ0) is 15.1. The maximum absolute atomic E-state index is 5.79. The molecule has 1 unspecified atom stereocenters.